The van der Waals surface area contributed by atoms with Crippen LogP contribution < -0.4 is 10.0 Å². The van der Waals surface area contributed by atoms with Gasteiger partial charge in [-0.1, -0.05) is 26.0 Å². The Morgan fingerprint density at radius 1 is 1.28 bits per heavy atom. The van der Waals surface area contributed by atoms with E-state index in [-0.39, 0.29) is 46.4 Å². The number of hydrogen-bond donors (Lipinski definition) is 2. The van der Waals surface area contributed by atoms with E-state index in [0.717, 1.165) is 24.6 Å². The molecule has 0 amide bonds. The summed E-state index contributed by atoms with van der Waals surface area (Å²) in [4.78, 5) is 7.29. The van der Waals surface area contributed by atoms with Gasteiger partial charge in [-0.2, -0.15) is 0 Å². The Hall–Kier alpha value is -0.910. The number of guanidine groups is 1. The summed E-state index contributed by atoms with van der Waals surface area (Å²) in [7, 11) is -2.02. The van der Waals surface area contributed by atoms with Crippen molar-refractivity contribution in [2.75, 3.05) is 33.4 Å². The molecule has 0 aromatic heterocycles. The van der Waals surface area contributed by atoms with Crippen LogP contribution in [0.1, 0.15) is 40.2 Å². The van der Waals surface area contributed by atoms with Crippen LogP contribution in [-0.2, 0) is 21.3 Å². The molecule has 1 heterocycles. The third kappa shape index (κ3) is 6.05. The van der Waals surface area contributed by atoms with Crippen LogP contribution in [0.2, 0.25) is 0 Å². The predicted octanol–water partition coefficient (Wildman–Crippen LogP) is 2.82. The van der Waals surface area contributed by atoms with E-state index in [1.807, 2.05) is 13.0 Å². The lowest BCUT2D eigenvalue weighted by atomic mass is 9.65. The molecule has 1 aromatic carbocycles. The third-order valence-electron chi connectivity index (χ3n) is 5.69. The van der Waals surface area contributed by atoms with Crippen LogP contribution in [0.4, 0.5) is 0 Å². The summed E-state index contributed by atoms with van der Waals surface area (Å²) in [6.07, 6.45) is 0. The smallest absolute Gasteiger partial charge is 0.240 e. The molecule has 0 saturated carbocycles. The molecular weight excluding hydrogens is 503 g/mol. The van der Waals surface area contributed by atoms with Gasteiger partial charge in [-0.05, 0) is 38.5 Å². The highest BCUT2D eigenvalue weighted by atomic mass is 127. The fourth-order valence-electron chi connectivity index (χ4n) is 3.13. The first-order valence-corrected chi connectivity index (χ1v) is 11.2. The van der Waals surface area contributed by atoms with Crippen LogP contribution in [0, 0.1) is 5.41 Å². The van der Waals surface area contributed by atoms with Crippen LogP contribution >= 0.6 is 24.0 Å². The lowest BCUT2D eigenvalue weighted by Gasteiger charge is -2.62. The van der Waals surface area contributed by atoms with Crippen LogP contribution in [0.25, 0.3) is 0 Å². The fraction of sp³-hybridized carbons (Fsp3) is 0.650. The fourth-order valence-corrected chi connectivity index (χ4v) is 4.22. The lowest BCUT2D eigenvalue weighted by Crippen LogP contribution is -2.72. The van der Waals surface area contributed by atoms with E-state index in [2.05, 4.69) is 42.6 Å². The van der Waals surface area contributed by atoms with Gasteiger partial charge in [0, 0.05) is 37.7 Å². The molecule has 1 aromatic rings. The second kappa shape index (κ2) is 10.4. The molecule has 1 fully saturated rings. The molecule has 0 aliphatic carbocycles. The van der Waals surface area contributed by atoms with Crippen LogP contribution in [-0.4, -0.2) is 58.2 Å². The quantitative estimate of drug-likeness (QED) is 0.230. The zero-order valence-corrected chi connectivity index (χ0v) is 21.4. The Balaban J connectivity index is 0.00000420. The van der Waals surface area contributed by atoms with Gasteiger partial charge >= 0.3 is 0 Å². The molecule has 0 radical (unpaired) electrons. The maximum atomic E-state index is 12.4. The van der Waals surface area contributed by atoms with Gasteiger partial charge in [0.15, 0.2) is 5.96 Å². The minimum atomic E-state index is -3.55. The first kappa shape index (κ1) is 26.1. The van der Waals surface area contributed by atoms with Gasteiger partial charge in [0.25, 0.3) is 0 Å². The number of ether oxygens (including phenoxy) is 1. The molecule has 0 unspecified atom stereocenters. The minimum absolute atomic E-state index is 0. The average molecular weight is 538 g/mol. The number of hydrogen-bond acceptors (Lipinski definition) is 4. The molecule has 2 N–H and O–H groups in total. The molecule has 0 atom stereocenters. The van der Waals surface area contributed by atoms with Crippen molar-refractivity contribution in [2.24, 2.45) is 10.4 Å². The van der Waals surface area contributed by atoms with Crippen molar-refractivity contribution >= 4 is 40.0 Å². The van der Waals surface area contributed by atoms with Gasteiger partial charge in [0.05, 0.1) is 18.0 Å². The Kier molecular flexibility index (Phi) is 9.38. The summed E-state index contributed by atoms with van der Waals surface area (Å²) in [5, 5.41) is 3.36. The van der Waals surface area contributed by atoms with Crippen molar-refractivity contribution in [1.82, 2.24) is 14.9 Å². The summed E-state index contributed by atoms with van der Waals surface area (Å²) in [5.74, 6) is 0.860. The standard InChI is InChI=1S/C20H34N4O3S.HI/c1-7-21-18(24-15-19(2,3)20(24,4)5)22-14-16-9-8-10-17(13-16)28(25,26)23-11-12-27-6;/h8-10,13,23H,7,11-12,14-15H2,1-6H3,(H,21,22);1H. The second-order valence-electron chi connectivity index (χ2n) is 8.24. The number of sulfonamides is 1. The zero-order valence-electron chi connectivity index (χ0n) is 18.3. The molecule has 1 aliphatic rings. The Labute approximate surface area is 192 Å². The number of benzene rings is 1. The first-order chi connectivity index (χ1) is 13.0. The normalized spacial score (nSPS) is 18.0. The molecular formula is C20H35IN4O3S. The Morgan fingerprint density at radius 3 is 2.52 bits per heavy atom. The first-order valence-electron chi connectivity index (χ1n) is 9.68. The van der Waals surface area contributed by atoms with E-state index < -0.39 is 10.0 Å². The van der Waals surface area contributed by atoms with Crippen LogP contribution in [0.15, 0.2) is 34.2 Å². The predicted molar refractivity (Wildman–Crippen MR) is 128 cm³/mol. The monoisotopic (exact) mass is 538 g/mol. The van der Waals surface area contributed by atoms with E-state index in [1.54, 1.807) is 18.2 Å². The van der Waals surface area contributed by atoms with Gasteiger partial charge in [-0.25, -0.2) is 18.1 Å². The second-order valence-corrected chi connectivity index (χ2v) is 10.0. The molecule has 166 valence electrons. The number of aliphatic imine (C=N–C) groups is 1. The summed E-state index contributed by atoms with van der Waals surface area (Å²) < 4.78 is 32.2. The molecule has 1 aliphatic heterocycles. The summed E-state index contributed by atoms with van der Waals surface area (Å²) in [6.45, 7) is 13.7. The largest absolute Gasteiger partial charge is 0.383 e. The molecule has 9 heteroatoms. The lowest BCUT2D eigenvalue weighted by molar-refractivity contribution is -0.0667. The topological polar surface area (TPSA) is 83.0 Å². The van der Waals surface area contributed by atoms with Crippen molar-refractivity contribution in [3.05, 3.63) is 29.8 Å². The van der Waals surface area contributed by atoms with Gasteiger partial charge in [0.1, 0.15) is 0 Å². The molecule has 0 bridgehead atoms. The average Bonchev–Trinajstić information content (AvgIpc) is 2.64. The number of nitrogens with zero attached hydrogens (tertiary/aromatic N) is 2. The SMILES string of the molecule is CCNC(=NCc1cccc(S(=O)(=O)NCCOC)c1)N1CC(C)(C)C1(C)C.I. The molecule has 2 rings (SSSR count). The number of nitrogens with one attached hydrogen (secondary N) is 2. The molecule has 7 nitrogen and oxygen atoms in total. The summed E-state index contributed by atoms with van der Waals surface area (Å²) >= 11 is 0. The van der Waals surface area contributed by atoms with Gasteiger partial charge in [-0.15, -0.1) is 24.0 Å². The van der Waals surface area contributed by atoms with Crippen LogP contribution in [0.5, 0.6) is 0 Å². The van der Waals surface area contributed by atoms with Crippen molar-refractivity contribution in [3.63, 3.8) is 0 Å². The van der Waals surface area contributed by atoms with E-state index >= 15 is 0 Å². The van der Waals surface area contributed by atoms with Crippen molar-refractivity contribution in [2.45, 2.75) is 51.6 Å². The van der Waals surface area contributed by atoms with Crippen molar-refractivity contribution in [1.29, 1.82) is 0 Å². The van der Waals surface area contributed by atoms with Gasteiger partial charge < -0.3 is 15.0 Å². The van der Waals surface area contributed by atoms with Crippen LogP contribution in [0.3, 0.4) is 0 Å². The highest BCUT2D eigenvalue weighted by molar-refractivity contribution is 14.0. The summed E-state index contributed by atoms with van der Waals surface area (Å²) in [5.41, 5.74) is 1.07. The number of halogens is 1. The molecule has 1 saturated heterocycles. The molecule has 0 spiro atoms. The molecule has 29 heavy (non-hydrogen) atoms. The number of likely N-dealkylation sites (tertiary alicyclic amines) is 1. The summed E-state index contributed by atoms with van der Waals surface area (Å²) in [6, 6.07) is 6.91. The van der Waals surface area contributed by atoms with Crippen molar-refractivity contribution in [3.8, 4) is 0 Å². The maximum absolute atomic E-state index is 12.4. The highest BCUT2D eigenvalue weighted by Gasteiger charge is 2.53. The van der Waals surface area contributed by atoms with E-state index in [1.165, 1.54) is 7.11 Å². The third-order valence-corrected chi connectivity index (χ3v) is 7.15. The van der Waals surface area contributed by atoms with E-state index in [0.29, 0.717) is 13.2 Å². The number of methoxy groups -OCH3 is 1. The minimum Gasteiger partial charge on any atom is -0.383 e. The Morgan fingerprint density at radius 2 is 1.97 bits per heavy atom. The Bertz CT molecular complexity index is 810. The van der Waals surface area contributed by atoms with E-state index in [9.17, 15) is 8.42 Å². The van der Waals surface area contributed by atoms with Gasteiger partial charge in [-0.3, -0.25) is 0 Å². The highest BCUT2D eigenvalue weighted by Crippen LogP contribution is 2.46. The zero-order chi connectivity index (χ0) is 21.0. The van der Waals surface area contributed by atoms with Crippen molar-refractivity contribution < 1.29 is 13.2 Å². The maximum Gasteiger partial charge on any atom is 0.240 e. The number of rotatable bonds is 8. The van der Waals surface area contributed by atoms with E-state index in [4.69, 9.17) is 9.73 Å². The van der Waals surface area contributed by atoms with Gasteiger partial charge in [0.2, 0.25) is 10.0 Å².